The number of carbonyl (C=O) groups excluding carboxylic acids is 2. The number of carboxylic acid groups (broad SMARTS) is 1. The van der Waals surface area contributed by atoms with Crippen LogP contribution in [0.1, 0.15) is 46.0 Å². The number of unbranched alkanes of at least 4 members (excludes halogenated alkanes) is 1. The summed E-state index contributed by atoms with van der Waals surface area (Å²) in [5.74, 6) is -1.90. The van der Waals surface area contributed by atoms with Gasteiger partial charge in [0.05, 0.1) is 6.04 Å². The molecule has 1 aliphatic heterocycles. The van der Waals surface area contributed by atoms with Crippen molar-refractivity contribution in [1.29, 1.82) is 0 Å². The molecule has 0 aromatic rings. The van der Waals surface area contributed by atoms with Crippen molar-refractivity contribution >= 4 is 17.8 Å². The molecule has 1 saturated heterocycles. The first kappa shape index (κ1) is 20.4. The van der Waals surface area contributed by atoms with Gasteiger partial charge in [0, 0.05) is 0 Å². The molecule has 0 unspecified atom stereocenters. The van der Waals surface area contributed by atoms with E-state index in [9.17, 15) is 19.5 Å². The van der Waals surface area contributed by atoms with Crippen LogP contribution in [0.4, 0.5) is 0 Å². The molecule has 0 saturated carbocycles. The molecule has 0 aromatic carbocycles. The Morgan fingerprint density at radius 2 is 1.96 bits per heavy atom. The summed E-state index contributed by atoms with van der Waals surface area (Å²) in [6, 6.07) is -2.00. The summed E-state index contributed by atoms with van der Waals surface area (Å²) in [7, 11) is 0. The fraction of sp³-hybridized carbons (Fsp3) is 0.812. The maximum absolute atomic E-state index is 12.4. The normalized spacial score (nSPS) is 19.8. The predicted octanol–water partition coefficient (Wildman–Crippen LogP) is -0.422. The molecular formula is C16H30N4O4. The van der Waals surface area contributed by atoms with E-state index >= 15 is 0 Å². The summed E-state index contributed by atoms with van der Waals surface area (Å²) < 4.78 is 0. The van der Waals surface area contributed by atoms with E-state index in [4.69, 9.17) is 5.73 Å². The molecular weight excluding hydrogens is 312 g/mol. The highest BCUT2D eigenvalue weighted by Crippen LogP contribution is 2.09. The zero-order valence-corrected chi connectivity index (χ0v) is 14.5. The highest BCUT2D eigenvalue weighted by molar-refractivity contribution is 5.92. The van der Waals surface area contributed by atoms with Crippen LogP contribution in [0.2, 0.25) is 0 Å². The number of carbonyl (C=O) groups is 3. The largest absolute Gasteiger partial charge is 0.480 e. The minimum atomic E-state index is -1.08. The number of nitrogens with two attached hydrogens (primary N) is 1. The van der Waals surface area contributed by atoms with Crippen LogP contribution < -0.4 is 21.7 Å². The van der Waals surface area contributed by atoms with Crippen LogP contribution in [0.15, 0.2) is 0 Å². The second-order valence-electron chi connectivity index (χ2n) is 6.56. The number of hydrogen-bond acceptors (Lipinski definition) is 5. The van der Waals surface area contributed by atoms with Crippen molar-refractivity contribution in [3.05, 3.63) is 0 Å². The van der Waals surface area contributed by atoms with E-state index in [2.05, 4.69) is 16.0 Å². The summed E-state index contributed by atoms with van der Waals surface area (Å²) in [5.41, 5.74) is 5.41. The average molecular weight is 342 g/mol. The summed E-state index contributed by atoms with van der Waals surface area (Å²) in [5, 5.41) is 17.6. The van der Waals surface area contributed by atoms with Crippen LogP contribution >= 0.6 is 0 Å². The van der Waals surface area contributed by atoms with Gasteiger partial charge < -0.3 is 26.8 Å². The molecule has 1 aliphatic rings. The Hall–Kier alpha value is -1.67. The third-order valence-corrected chi connectivity index (χ3v) is 4.19. The molecule has 8 heteroatoms. The van der Waals surface area contributed by atoms with E-state index in [0.717, 1.165) is 19.4 Å². The molecule has 0 aliphatic carbocycles. The Labute approximate surface area is 142 Å². The highest BCUT2D eigenvalue weighted by Gasteiger charge is 2.31. The molecule has 0 radical (unpaired) electrons. The lowest BCUT2D eigenvalue weighted by Gasteiger charge is -2.25. The second kappa shape index (κ2) is 10.2. The number of carboxylic acids is 1. The van der Waals surface area contributed by atoms with Gasteiger partial charge >= 0.3 is 5.97 Å². The molecule has 2 amide bonds. The topological polar surface area (TPSA) is 134 Å². The lowest BCUT2D eigenvalue weighted by molar-refractivity contribution is -0.142. The van der Waals surface area contributed by atoms with E-state index in [1.165, 1.54) is 0 Å². The van der Waals surface area contributed by atoms with Crippen LogP contribution in [0.3, 0.4) is 0 Å². The van der Waals surface area contributed by atoms with Gasteiger partial charge in [-0.25, -0.2) is 4.79 Å². The third-order valence-electron chi connectivity index (χ3n) is 4.19. The molecule has 0 aromatic heterocycles. The molecule has 0 spiro atoms. The number of hydrogen-bond donors (Lipinski definition) is 5. The van der Waals surface area contributed by atoms with Crippen molar-refractivity contribution in [1.82, 2.24) is 16.0 Å². The molecule has 8 nitrogen and oxygen atoms in total. The molecule has 0 bridgehead atoms. The van der Waals surface area contributed by atoms with Crippen LogP contribution in [0.25, 0.3) is 0 Å². The van der Waals surface area contributed by atoms with E-state index in [-0.39, 0.29) is 17.9 Å². The quantitative estimate of drug-likeness (QED) is 0.342. The zero-order valence-electron chi connectivity index (χ0n) is 14.5. The van der Waals surface area contributed by atoms with Gasteiger partial charge in [-0.3, -0.25) is 9.59 Å². The van der Waals surface area contributed by atoms with Gasteiger partial charge in [-0.15, -0.1) is 0 Å². The maximum atomic E-state index is 12.4. The molecule has 1 fully saturated rings. The van der Waals surface area contributed by atoms with Crippen molar-refractivity contribution in [2.75, 3.05) is 13.1 Å². The van der Waals surface area contributed by atoms with Gasteiger partial charge in [0.25, 0.3) is 0 Å². The molecule has 24 heavy (non-hydrogen) atoms. The lowest BCUT2D eigenvalue weighted by atomic mass is 10.0. The van der Waals surface area contributed by atoms with Crippen LogP contribution in [-0.4, -0.2) is 54.1 Å². The average Bonchev–Trinajstić information content (AvgIpc) is 3.05. The minimum absolute atomic E-state index is 0.145. The standard InChI is InChI=1S/C16H30N4O4/c1-10(2)13(20-14(21)11-7-5-9-18-11)15(22)19-12(16(23)24)6-3-4-8-17/h10-13,18H,3-9,17H2,1-2H3,(H,19,22)(H,20,21)(H,23,24)/t11-,12-,13-/m0/s1. The molecule has 1 rings (SSSR count). The fourth-order valence-corrected chi connectivity index (χ4v) is 2.71. The van der Waals surface area contributed by atoms with Gasteiger partial charge in [0.15, 0.2) is 0 Å². The highest BCUT2D eigenvalue weighted by atomic mass is 16.4. The first-order chi connectivity index (χ1) is 11.4. The lowest BCUT2D eigenvalue weighted by Crippen LogP contribution is -2.56. The van der Waals surface area contributed by atoms with Gasteiger partial charge in [-0.05, 0) is 51.1 Å². The van der Waals surface area contributed by atoms with E-state index in [1.807, 2.05) is 13.8 Å². The smallest absolute Gasteiger partial charge is 0.326 e. The first-order valence-electron chi connectivity index (χ1n) is 8.63. The van der Waals surface area contributed by atoms with Gasteiger partial charge in [0.2, 0.25) is 11.8 Å². The Kier molecular flexibility index (Phi) is 8.70. The van der Waals surface area contributed by atoms with E-state index < -0.39 is 24.0 Å². The third kappa shape index (κ3) is 6.45. The Morgan fingerprint density at radius 3 is 2.46 bits per heavy atom. The van der Waals surface area contributed by atoms with Gasteiger partial charge in [0.1, 0.15) is 12.1 Å². The number of amides is 2. The van der Waals surface area contributed by atoms with Crippen LogP contribution in [0.5, 0.6) is 0 Å². The number of aliphatic carboxylic acids is 1. The molecule has 138 valence electrons. The number of nitrogens with one attached hydrogen (secondary N) is 3. The Balaban J connectivity index is 2.63. The van der Waals surface area contributed by atoms with Crippen molar-refractivity contribution < 1.29 is 19.5 Å². The molecule has 6 N–H and O–H groups in total. The van der Waals surface area contributed by atoms with Crippen LogP contribution in [0, 0.1) is 5.92 Å². The zero-order chi connectivity index (χ0) is 18.1. The first-order valence-corrected chi connectivity index (χ1v) is 8.63. The number of rotatable bonds is 10. The summed E-state index contributed by atoms with van der Waals surface area (Å²) >= 11 is 0. The minimum Gasteiger partial charge on any atom is -0.480 e. The predicted molar refractivity (Wildman–Crippen MR) is 90.3 cm³/mol. The van der Waals surface area contributed by atoms with Gasteiger partial charge in [-0.1, -0.05) is 13.8 Å². The molecule has 1 heterocycles. The Bertz CT molecular complexity index is 436. The van der Waals surface area contributed by atoms with E-state index in [0.29, 0.717) is 25.8 Å². The SMILES string of the molecule is CC(C)[C@H](NC(=O)[C@@H]1CCCN1)C(=O)N[C@@H](CCCCN)C(=O)O. The molecule has 3 atom stereocenters. The monoisotopic (exact) mass is 342 g/mol. The van der Waals surface area contributed by atoms with Gasteiger partial charge in [-0.2, -0.15) is 0 Å². The second-order valence-corrected chi connectivity index (χ2v) is 6.56. The van der Waals surface area contributed by atoms with Crippen molar-refractivity contribution in [3.8, 4) is 0 Å². The summed E-state index contributed by atoms with van der Waals surface area (Å²) in [6.07, 6.45) is 3.32. The summed E-state index contributed by atoms with van der Waals surface area (Å²) in [4.78, 5) is 36.0. The fourth-order valence-electron chi connectivity index (χ4n) is 2.71. The van der Waals surface area contributed by atoms with E-state index in [1.54, 1.807) is 0 Å². The van der Waals surface area contributed by atoms with Crippen molar-refractivity contribution in [2.45, 2.75) is 64.1 Å². The van der Waals surface area contributed by atoms with Crippen molar-refractivity contribution in [3.63, 3.8) is 0 Å². The van der Waals surface area contributed by atoms with Crippen LogP contribution in [-0.2, 0) is 14.4 Å². The Morgan fingerprint density at radius 1 is 1.25 bits per heavy atom. The summed E-state index contributed by atoms with van der Waals surface area (Å²) in [6.45, 7) is 4.91. The van der Waals surface area contributed by atoms with Crippen molar-refractivity contribution in [2.24, 2.45) is 11.7 Å². The maximum Gasteiger partial charge on any atom is 0.326 e.